The molecule has 0 amide bonds. The van der Waals surface area contributed by atoms with Crippen LogP contribution in [0.5, 0.6) is 11.5 Å². The van der Waals surface area contributed by atoms with Gasteiger partial charge in [0.1, 0.15) is 27.2 Å². The lowest BCUT2D eigenvalue weighted by atomic mass is 9.98. The first-order valence-electron chi connectivity index (χ1n) is 23.1. The lowest BCUT2D eigenvalue weighted by Crippen LogP contribution is -2.26. The number of anilines is 4. The fourth-order valence-corrected chi connectivity index (χ4v) is 8.53. The summed E-state index contributed by atoms with van der Waals surface area (Å²) in [5, 5.41) is 19.0. The van der Waals surface area contributed by atoms with Gasteiger partial charge in [0.15, 0.2) is 0 Å². The Morgan fingerprint density at radius 2 is 1.03 bits per heavy atom. The van der Waals surface area contributed by atoms with Crippen molar-refractivity contribution in [2.45, 2.75) is 40.8 Å². The van der Waals surface area contributed by atoms with Crippen LogP contribution >= 0.6 is 50.5 Å². The van der Waals surface area contributed by atoms with Crippen LogP contribution in [0.1, 0.15) is 52.2 Å². The minimum absolute atomic E-state index is 0. The van der Waals surface area contributed by atoms with Crippen molar-refractivity contribution in [1.82, 2.24) is 39.0 Å². The third-order valence-electron chi connectivity index (χ3n) is 11.9. The molecule has 0 aliphatic carbocycles. The highest BCUT2D eigenvalue weighted by Crippen LogP contribution is 2.59. The van der Waals surface area contributed by atoms with Crippen molar-refractivity contribution >= 4 is 107 Å². The fraction of sp³-hybridized carbons (Fsp3) is 0.123. The number of nitrogens with zero attached hydrogens (tertiary/aromatic N) is 10. The first kappa shape index (κ1) is 59.7. The average molecular weight is 1270 g/mol. The molecule has 400 valence electrons. The molecule has 7 N–H and O–H groups in total. The second-order valence-electron chi connectivity index (χ2n) is 16.7. The highest BCUT2D eigenvalue weighted by molar-refractivity contribution is 9.93. The molecule has 6 aromatic heterocycles. The molecule has 0 saturated carbocycles. The molecule has 0 bridgehead atoms. The molecular formula is C57H52Br3N14O4P. The molecule has 0 saturated heterocycles. The molecule has 0 spiro atoms. The number of para-hydroxylation sites is 2. The molecule has 10 aromatic rings. The standard InChI is InChI=1S/C28H23N7O2.C27H21N7O2.2CH4.Br3P/c1-17(33-26-23(30-2)16-32-28(29)34-26)24-13-18-8-7-11-22(19-12-21(37-3)15-31-14-19)25(18)27(36)35(24)20-9-5-4-6-10-20;1-16(32-25-22(29-2)15-31-27(28)33-25)23-12-17-7-6-10-21(18-11-20(35)14-30-13-18)24(17)26(36)34(23)19-8-4-3-5-9-19;;;1-4(2)3/h4-17H,1,3H3,(H3,29,32,33,34);3-16,35H,1H3,(H3,28,31,32,33);2*1H4;/t17-;16-;;;/m00.../s1. The van der Waals surface area contributed by atoms with Gasteiger partial charge in [0.05, 0.1) is 55.5 Å². The summed E-state index contributed by atoms with van der Waals surface area (Å²) < 4.78 is 8.49. The molecule has 0 aliphatic heterocycles. The molecule has 0 radical (unpaired) electrons. The minimum Gasteiger partial charge on any atom is -0.506 e. The Balaban J connectivity index is 0.000000234. The molecule has 22 heteroatoms. The summed E-state index contributed by atoms with van der Waals surface area (Å²) in [6, 6.07) is 36.5. The Morgan fingerprint density at radius 1 is 0.608 bits per heavy atom. The number of nitrogens with two attached hydrogens (primary N) is 2. The first-order chi connectivity index (χ1) is 37.2. The van der Waals surface area contributed by atoms with E-state index in [0.29, 0.717) is 56.2 Å². The Kier molecular flexibility index (Phi) is 20.5. The van der Waals surface area contributed by atoms with Gasteiger partial charge in [-0.25, -0.2) is 29.6 Å². The van der Waals surface area contributed by atoms with Gasteiger partial charge in [-0.1, -0.05) is 87.6 Å². The van der Waals surface area contributed by atoms with E-state index in [2.05, 4.69) is 96.7 Å². The summed E-state index contributed by atoms with van der Waals surface area (Å²) in [7, 11) is 1.58. The SMILES string of the molecule is BrP(Br)Br.C.C.[C-]#[N+]c1cnc(N)nc1N[C@@H](C)c1cc2cccc(-c3cncc(O)c3)c2c(=O)n1-c1ccccc1.[C-]#[N+]c1cnc(N)nc1N[C@@H](C)c1cc2cccc(-c3cncc(OC)c3)c2c(=O)n1-c1ccccc1. The van der Waals surface area contributed by atoms with Gasteiger partial charge in [0, 0.05) is 58.7 Å². The minimum atomic E-state index is -0.428. The van der Waals surface area contributed by atoms with Crippen molar-refractivity contribution in [3.8, 4) is 45.1 Å². The van der Waals surface area contributed by atoms with Crippen molar-refractivity contribution < 1.29 is 9.84 Å². The number of methoxy groups -OCH3 is 1. The van der Waals surface area contributed by atoms with Gasteiger partial charge in [0.25, 0.3) is 11.1 Å². The first-order valence-corrected chi connectivity index (χ1v) is 30.5. The summed E-state index contributed by atoms with van der Waals surface area (Å²) in [5.41, 5.74) is 17.2. The van der Waals surface area contributed by atoms with Crippen LogP contribution in [0.4, 0.5) is 34.9 Å². The number of hydrogen-bond acceptors (Lipinski definition) is 14. The summed E-state index contributed by atoms with van der Waals surface area (Å²) in [4.78, 5) is 59.8. The van der Waals surface area contributed by atoms with E-state index < -0.39 is 12.1 Å². The Hall–Kier alpha value is -8.59. The zero-order valence-corrected chi connectivity index (χ0v) is 46.7. The zero-order chi connectivity index (χ0) is 54.8. The van der Waals surface area contributed by atoms with Crippen molar-refractivity contribution in [1.29, 1.82) is 0 Å². The number of benzene rings is 4. The van der Waals surface area contributed by atoms with Crippen molar-refractivity contribution in [2.75, 3.05) is 29.2 Å². The van der Waals surface area contributed by atoms with E-state index in [1.165, 1.54) is 18.6 Å². The number of hydrogen-bond donors (Lipinski definition) is 5. The van der Waals surface area contributed by atoms with E-state index in [1.54, 1.807) is 40.9 Å². The number of pyridine rings is 4. The topological polar surface area (TPSA) is 236 Å². The second-order valence-corrected chi connectivity index (χ2v) is 32.1. The van der Waals surface area contributed by atoms with E-state index in [0.717, 1.165) is 21.9 Å². The van der Waals surface area contributed by atoms with Crippen LogP contribution in [0.2, 0.25) is 0 Å². The highest BCUT2D eigenvalue weighted by atomic mass is 80.0. The Morgan fingerprint density at radius 3 is 1.43 bits per heavy atom. The fourth-order valence-electron chi connectivity index (χ4n) is 8.53. The van der Waals surface area contributed by atoms with Crippen molar-refractivity contribution in [3.05, 3.63) is 213 Å². The van der Waals surface area contributed by atoms with Crippen LogP contribution in [-0.2, 0) is 0 Å². The molecule has 18 nitrogen and oxygen atoms in total. The van der Waals surface area contributed by atoms with Crippen LogP contribution in [-0.4, -0.2) is 51.3 Å². The van der Waals surface area contributed by atoms with Crippen LogP contribution in [0.25, 0.3) is 64.9 Å². The molecule has 79 heavy (non-hydrogen) atoms. The zero-order valence-electron chi connectivity index (χ0n) is 41.0. The maximum absolute atomic E-state index is 14.2. The van der Waals surface area contributed by atoms with Gasteiger partial charge >= 0.3 is 0 Å². The quantitative estimate of drug-likeness (QED) is 0.0599. The molecule has 4 aromatic carbocycles. The largest absolute Gasteiger partial charge is 0.506 e. The summed E-state index contributed by atoms with van der Waals surface area (Å²) in [5.74, 6) is 1.31. The number of fused-ring (bicyclic) bond motifs is 2. The number of halogens is 3. The van der Waals surface area contributed by atoms with Crippen molar-refractivity contribution in [3.63, 3.8) is 0 Å². The number of aromatic nitrogens is 8. The van der Waals surface area contributed by atoms with Crippen LogP contribution in [0.15, 0.2) is 168 Å². The van der Waals surface area contributed by atoms with Crippen LogP contribution in [0, 0.1) is 13.1 Å². The van der Waals surface area contributed by atoms with Crippen molar-refractivity contribution in [2.24, 2.45) is 0 Å². The lowest BCUT2D eigenvalue weighted by Gasteiger charge is -2.22. The van der Waals surface area contributed by atoms with E-state index >= 15 is 0 Å². The monoisotopic (exact) mass is 1260 g/mol. The van der Waals surface area contributed by atoms with Crippen LogP contribution < -0.4 is 38.0 Å². The lowest BCUT2D eigenvalue weighted by molar-refractivity contribution is 0.413. The maximum atomic E-state index is 14.2. The van der Waals surface area contributed by atoms with E-state index in [1.807, 2.05) is 129 Å². The predicted octanol–water partition coefficient (Wildman–Crippen LogP) is 14.7. The summed E-state index contributed by atoms with van der Waals surface area (Å²) in [6.07, 6.45) is 9.05. The van der Waals surface area contributed by atoms with Gasteiger partial charge < -0.3 is 31.9 Å². The number of ether oxygens (including phenoxy) is 1. The second kappa shape index (κ2) is 27.1. The molecular weight excluding hydrogens is 1220 g/mol. The van der Waals surface area contributed by atoms with Gasteiger partial charge in [-0.2, -0.15) is 0 Å². The molecule has 2 atom stereocenters. The van der Waals surface area contributed by atoms with Gasteiger partial charge in [0.2, 0.25) is 23.3 Å². The van der Waals surface area contributed by atoms with Gasteiger partial charge in [-0.05, 0) is 131 Å². The van der Waals surface area contributed by atoms with Gasteiger partial charge in [-0.15, -0.1) is 0 Å². The van der Waals surface area contributed by atoms with E-state index in [9.17, 15) is 14.7 Å². The third-order valence-corrected chi connectivity index (χ3v) is 11.9. The Labute approximate surface area is 481 Å². The number of nitrogens with one attached hydrogen (secondary N) is 2. The molecule has 10 rings (SSSR count). The van der Waals surface area contributed by atoms with Crippen LogP contribution in [0.3, 0.4) is 0 Å². The smallest absolute Gasteiger partial charge is 0.263 e. The predicted molar refractivity (Wildman–Crippen MR) is 330 cm³/mol. The van der Waals surface area contributed by atoms with E-state index in [4.69, 9.17) is 29.3 Å². The van der Waals surface area contributed by atoms with E-state index in [-0.39, 0.29) is 64.8 Å². The highest BCUT2D eigenvalue weighted by Gasteiger charge is 2.23. The number of rotatable bonds is 11. The summed E-state index contributed by atoms with van der Waals surface area (Å²) in [6.45, 7) is 18.7. The maximum Gasteiger partial charge on any atom is 0.263 e. The molecule has 0 unspecified atom stereocenters. The molecule has 6 heterocycles. The Bertz CT molecular complexity index is 3990. The van der Waals surface area contributed by atoms with Gasteiger partial charge in [-0.3, -0.25) is 28.7 Å². The molecule has 0 fully saturated rings. The summed E-state index contributed by atoms with van der Waals surface area (Å²) >= 11 is 9.51. The third kappa shape index (κ3) is 13.8. The normalized spacial score (nSPS) is 11.2. The average Bonchev–Trinajstić information content (AvgIpc) is 3.44. The number of aromatic hydroxyl groups is 1. The molecule has 0 aliphatic rings. The number of nitrogen functional groups attached to an aromatic ring is 2.